The van der Waals surface area contributed by atoms with Gasteiger partial charge in [-0.25, -0.2) is 0 Å². The minimum absolute atomic E-state index is 0.228. The van der Waals surface area contributed by atoms with E-state index in [1.165, 1.54) is 6.42 Å². The second-order valence-corrected chi connectivity index (χ2v) is 6.12. The SMILES string of the molecule is O[C@@H]1CCCC[C@H]1Sc1c(Cl)cccc1Cl. The number of hydrogen-bond acceptors (Lipinski definition) is 2. The maximum atomic E-state index is 9.91. The van der Waals surface area contributed by atoms with Crippen LogP contribution in [0.15, 0.2) is 23.1 Å². The molecular formula is C12H14Cl2OS. The van der Waals surface area contributed by atoms with Gasteiger partial charge in [0.1, 0.15) is 0 Å². The van der Waals surface area contributed by atoms with Crippen LogP contribution in [0.3, 0.4) is 0 Å². The Kier molecular flexibility index (Phi) is 4.42. The third-order valence-corrected chi connectivity index (χ3v) is 5.24. The fourth-order valence-electron chi connectivity index (χ4n) is 1.96. The summed E-state index contributed by atoms with van der Waals surface area (Å²) in [6.07, 6.45) is 3.99. The molecule has 1 aromatic carbocycles. The van der Waals surface area contributed by atoms with E-state index in [1.54, 1.807) is 11.8 Å². The van der Waals surface area contributed by atoms with Gasteiger partial charge >= 0.3 is 0 Å². The third-order valence-electron chi connectivity index (χ3n) is 2.86. The summed E-state index contributed by atoms with van der Waals surface area (Å²) in [6, 6.07) is 5.52. The first kappa shape index (κ1) is 12.6. The van der Waals surface area contributed by atoms with E-state index >= 15 is 0 Å². The summed E-state index contributed by atoms with van der Waals surface area (Å²) >= 11 is 13.8. The highest BCUT2D eigenvalue weighted by Gasteiger charge is 2.25. The van der Waals surface area contributed by atoms with Crippen molar-refractivity contribution in [2.75, 3.05) is 0 Å². The number of halogens is 2. The van der Waals surface area contributed by atoms with E-state index in [-0.39, 0.29) is 11.4 Å². The van der Waals surface area contributed by atoms with Crippen molar-refractivity contribution in [1.29, 1.82) is 0 Å². The molecule has 0 amide bonds. The van der Waals surface area contributed by atoms with Gasteiger partial charge in [0.05, 0.1) is 16.1 Å². The Balaban J connectivity index is 2.13. The predicted octanol–water partition coefficient (Wildman–Crippen LogP) is 4.39. The Morgan fingerprint density at radius 1 is 1.12 bits per heavy atom. The molecule has 0 aliphatic heterocycles. The summed E-state index contributed by atoms with van der Waals surface area (Å²) in [5.41, 5.74) is 0. The number of thioether (sulfide) groups is 1. The standard InChI is InChI=1S/C12H14Cl2OS/c13-8-4-3-5-9(14)12(8)16-11-7-2-1-6-10(11)15/h3-5,10-11,15H,1-2,6-7H2/t10-,11-/m1/s1. The molecule has 1 aliphatic rings. The van der Waals surface area contributed by atoms with Gasteiger partial charge in [0.2, 0.25) is 0 Å². The van der Waals surface area contributed by atoms with Gasteiger partial charge in [-0.05, 0) is 25.0 Å². The summed E-state index contributed by atoms with van der Waals surface area (Å²) in [7, 11) is 0. The lowest BCUT2D eigenvalue weighted by Crippen LogP contribution is -2.26. The second-order valence-electron chi connectivity index (χ2n) is 4.06. The molecule has 2 atom stereocenters. The number of aliphatic hydroxyl groups is 1. The van der Waals surface area contributed by atoms with Crippen molar-refractivity contribution in [3.05, 3.63) is 28.2 Å². The van der Waals surface area contributed by atoms with Gasteiger partial charge in [-0.3, -0.25) is 0 Å². The van der Waals surface area contributed by atoms with Crippen molar-refractivity contribution < 1.29 is 5.11 Å². The molecule has 1 N–H and O–H groups in total. The lowest BCUT2D eigenvalue weighted by atomic mass is 9.97. The molecule has 0 heterocycles. The maximum absolute atomic E-state index is 9.91. The van der Waals surface area contributed by atoms with Gasteiger partial charge in [0, 0.05) is 10.1 Å². The molecule has 88 valence electrons. The number of aliphatic hydroxyl groups excluding tert-OH is 1. The number of hydrogen-bond donors (Lipinski definition) is 1. The normalized spacial score (nSPS) is 25.7. The molecule has 4 heteroatoms. The third kappa shape index (κ3) is 2.86. The van der Waals surface area contributed by atoms with Gasteiger partial charge in [0.25, 0.3) is 0 Å². The van der Waals surface area contributed by atoms with Crippen molar-refractivity contribution in [2.45, 2.75) is 41.9 Å². The first-order valence-electron chi connectivity index (χ1n) is 5.47. The fourth-order valence-corrected chi connectivity index (χ4v) is 3.87. The molecule has 2 rings (SSSR count). The zero-order valence-corrected chi connectivity index (χ0v) is 11.2. The van der Waals surface area contributed by atoms with E-state index in [2.05, 4.69) is 0 Å². The topological polar surface area (TPSA) is 20.2 Å². The Labute approximate surface area is 110 Å². The summed E-state index contributed by atoms with van der Waals surface area (Å²) < 4.78 is 0. The van der Waals surface area contributed by atoms with Crippen molar-refractivity contribution in [3.63, 3.8) is 0 Å². The minimum Gasteiger partial charge on any atom is -0.392 e. The molecule has 16 heavy (non-hydrogen) atoms. The van der Waals surface area contributed by atoms with Crippen LogP contribution in [0.25, 0.3) is 0 Å². The van der Waals surface area contributed by atoms with Crippen LogP contribution in [0.4, 0.5) is 0 Å². The van der Waals surface area contributed by atoms with Gasteiger partial charge in [-0.15, -0.1) is 11.8 Å². The lowest BCUT2D eigenvalue weighted by Gasteiger charge is -2.27. The first-order valence-corrected chi connectivity index (χ1v) is 7.11. The molecule has 1 nitrogen and oxygen atoms in total. The van der Waals surface area contributed by atoms with Crippen LogP contribution in [0.5, 0.6) is 0 Å². The van der Waals surface area contributed by atoms with Gasteiger partial charge < -0.3 is 5.11 Å². The number of benzene rings is 1. The maximum Gasteiger partial charge on any atom is 0.0662 e. The molecule has 0 unspecified atom stereocenters. The molecule has 1 saturated carbocycles. The van der Waals surface area contributed by atoms with E-state index in [0.29, 0.717) is 10.0 Å². The zero-order valence-electron chi connectivity index (χ0n) is 8.83. The van der Waals surface area contributed by atoms with Crippen LogP contribution in [0.1, 0.15) is 25.7 Å². The molecule has 0 bridgehead atoms. The monoisotopic (exact) mass is 276 g/mol. The van der Waals surface area contributed by atoms with E-state index in [1.807, 2.05) is 18.2 Å². The van der Waals surface area contributed by atoms with Gasteiger partial charge in [0.15, 0.2) is 0 Å². The van der Waals surface area contributed by atoms with Gasteiger partial charge in [-0.2, -0.15) is 0 Å². The van der Waals surface area contributed by atoms with E-state index in [0.717, 1.165) is 24.2 Å². The minimum atomic E-state index is -0.230. The summed E-state index contributed by atoms with van der Waals surface area (Å²) in [5.74, 6) is 0. The Morgan fingerprint density at radius 2 is 1.75 bits per heavy atom. The first-order chi connectivity index (χ1) is 7.68. The van der Waals surface area contributed by atoms with Crippen LogP contribution in [0.2, 0.25) is 10.0 Å². The Hall–Kier alpha value is 0.110. The Bertz CT molecular complexity index is 350. The van der Waals surface area contributed by atoms with Crippen molar-refractivity contribution >= 4 is 35.0 Å². The summed E-state index contributed by atoms with van der Waals surface area (Å²) in [5, 5.41) is 11.5. The largest absolute Gasteiger partial charge is 0.392 e. The Morgan fingerprint density at radius 3 is 2.38 bits per heavy atom. The van der Waals surface area contributed by atoms with Crippen LogP contribution >= 0.6 is 35.0 Å². The average Bonchev–Trinajstić information content (AvgIpc) is 2.26. The highest BCUT2D eigenvalue weighted by molar-refractivity contribution is 8.00. The molecule has 1 aromatic rings. The molecular weight excluding hydrogens is 263 g/mol. The molecule has 0 aromatic heterocycles. The van der Waals surface area contributed by atoms with Crippen LogP contribution in [-0.4, -0.2) is 16.5 Å². The van der Waals surface area contributed by atoms with Crippen molar-refractivity contribution in [3.8, 4) is 0 Å². The molecule has 0 radical (unpaired) electrons. The molecule has 1 fully saturated rings. The van der Waals surface area contributed by atoms with Crippen LogP contribution in [0, 0.1) is 0 Å². The second kappa shape index (κ2) is 5.63. The van der Waals surface area contributed by atoms with Crippen molar-refractivity contribution in [1.82, 2.24) is 0 Å². The van der Waals surface area contributed by atoms with Crippen LogP contribution in [-0.2, 0) is 0 Å². The zero-order chi connectivity index (χ0) is 11.5. The van der Waals surface area contributed by atoms with E-state index < -0.39 is 0 Å². The molecule has 0 spiro atoms. The van der Waals surface area contributed by atoms with Crippen LogP contribution < -0.4 is 0 Å². The van der Waals surface area contributed by atoms with E-state index in [9.17, 15) is 5.11 Å². The summed E-state index contributed by atoms with van der Waals surface area (Å²) in [6.45, 7) is 0. The molecule has 1 aliphatic carbocycles. The van der Waals surface area contributed by atoms with E-state index in [4.69, 9.17) is 23.2 Å². The average molecular weight is 277 g/mol. The van der Waals surface area contributed by atoms with Gasteiger partial charge in [-0.1, -0.05) is 42.1 Å². The smallest absolute Gasteiger partial charge is 0.0662 e. The highest BCUT2D eigenvalue weighted by atomic mass is 35.5. The quantitative estimate of drug-likeness (QED) is 0.865. The number of rotatable bonds is 2. The highest BCUT2D eigenvalue weighted by Crippen LogP contribution is 2.40. The lowest BCUT2D eigenvalue weighted by molar-refractivity contribution is 0.137. The van der Waals surface area contributed by atoms with Crippen molar-refractivity contribution in [2.24, 2.45) is 0 Å². The summed E-state index contributed by atoms with van der Waals surface area (Å²) in [4.78, 5) is 0.900. The predicted molar refractivity (Wildman–Crippen MR) is 70.6 cm³/mol. The molecule has 0 saturated heterocycles. The fraction of sp³-hybridized carbons (Fsp3) is 0.500.